The molecule has 0 aliphatic carbocycles. The van der Waals surface area contributed by atoms with Crippen molar-refractivity contribution in [1.82, 2.24) is 20.2 Å². The number of amides is 2. The summed E-state index contributed by atoms with van der Waals surface area (Å²) in [5, 5.41) is 4.80. The van der Waals surface area contributed by atoms with Crippen LogP contribution in [-0.4, -0.2) is 39.2 Å². The highest BCUT2D eigenvalue weighted by Crippen LogP contribution is 1.99. The van der Waals surface area contributed by atoms with Gasteiger partial charge in [0.05, 0.1) is 6.33 Å². The van der Waals surface area contributed by atoms with Crippen LogP contribution >= 0.6 is 12.2 Å². The summed E-state index contributed by atoms with van der Waals surface area (Å²) in [6, 6.07) is 0. The van der Waals surface area contributed by atoms with E-state index in [0.717, 1.165) is 13.0 Å². The number of nitrogens with one attached hydrogen (secondary N) is 2. The largest absolute Gasteiger partial charge is 0.337 e. The third-order valence-corrected chi connectivity index (χ3v) is 2.76. The van der Waals surface area contributed by atoms with E-state index in [1.807, 2.05) is 10.8 Å². The molecule has 1 aromatic heterocycles. The summed E-state index contributed by atoms with van der Waals surface area (Å²) in [5.41, 5.74) is 0. The summed E-state index contributed by atoms with van der Waals surface area (Å²) >= 11 is 4.70. The Hall–Kier alpha value is -2.09. The molecule has 0 saturated carbocycles. The molecule has 1 fully saturated rings. The fraction of sp³-hybridized carbons (Fsp3) is 0.364. The lowest BCUT2D eigenvalue weighted by Gasteiger charge is -2.19. The Morgan fingerprint density at radius 2 is 2.16 bits per heavy atom. The number of aromatic nitrogens is 2. The molecule has 100 valence electrons. The van der Waals surface area contributed by atoms with Gasteiger partial charge in [-0.3, -0.25) is 14.6 Å². The van der Waals surface area contributed by atoms with Gasteiger partial charge in [-0.2, -0.15) is 0 Å². The van der Waals surface area contributed by atoms with Gasteiger partial charge < -0.3 is 15.2 Å². The highest BCUT2D eigenvalue weighted by Gasteiger charge is 2.30. The molecule has 19 heavy (non-hydrogen) atoms. The van der Waals surface area contributed by atoms with E-state index in [9.17, 15) is 9.59 Å². The maximum atomic E-state index is 11.5. The Kier molecular flexibility index (Phi) is 4.35. The molecule has 1 aromatic rings. The number of hydrogen-bond donors (Lipinski definition) is 2. The number of thiocarbonyl (C=S) groups is 1. The van der Waals surface area contributed by atoms with Crippen molar-refractivity contribution >= 4 is 35.4 Å². The molecule has 1 aliphatic rings. The van der Waals surface area contributed by atoms with Gasteiger partial charge in [0.25, 0.3) is 0 Å². The third-order valence-electron chi connectivity index (χ3n) is 2.56. The van der Waals surface area contributed by atoms with Gasteiger partial charge in [-0.25, -0.2) is 4.98 Å². The van der Waals surface area contributed by atoms with Crippen LogP contribution < -0.4 is 10.6 Å². The molecule has 0 atom stereocenters. The van der Waals surface area contributed by atoms with Gasteiger partial charge in [-0.1, -0.05) is 0 Å². The summed E-state index contributed by atoms with van der Waals surface area (Å²) in [6.07, 6.45) is 7.48. The van der Waals surface area contributed by atoms with Crippen LogP contribution in [0.4, 0.5) is 0 Å². The predicted octanol–water partition coefficient (Wildman–Crippen LogP) is -0.509. The van der Waals surface area contributed by atoms with Crippen LogP contribution in [0, 0.1) is 5.92 Å². The molecule has 0 aromatic carbocycles. The fourth-order valence-corrected chi connectivity index (χ4v) is 1.81. The van der Waals surface area contributed by atoms with Crippen LogP contribution in [0.15, 0.2) is 23.7 Å². The first-order chi connectivity index (χ1) is 9.16. The number of nitrogens with zero attached hydrogens (tertiary/aromatic N) is 3. The highest BCUT2D eigenvalue weighted by atomic mass is 32.1. The zero-order valence-electron chi connectivity index (χ0n) is 10.1. The molecule has 0 bridgehead atoms. The summed E-state index contributed by atoms with van der Waals surface area (Å²) in [6.45, 7) is 1.34. The first-order valence-corrected chi connectivity index (χ1v) is 6.19. The molecule has 0 radical (unpaired) electrons. The van der Waals surface area contributed by atoms with Crippen molar-refractivity contribution in [2.45, 2.75) is 13.0 Å². The van der Waals surface area contributed by atoms with Gasteiger partial charge in [0.2, 0.25) is 11.8 Å². The van der Waals surface area contributed by atoms with Gasteiger partial charge in [0.15, 0.2) is 11.0 Å². The molecule has 0 unspecified atom stereocenters. The van der Waals surface area contributed by atoms with Crippen molar-refractivity contribution < 1.29 is 9.59 Å². The lowest BCUT2D eigenvalue weighted by atomic mass is 10.1. The summed E-state index contributed by atoms with van der Waals surface area (Å²) in [5.74, 6) is -1.78. The van der Waals surface area contributed by atoms with Gasteiger partial charge in [-0.05, 0) is 18.6 Å². The third kappa shape index (κ3) is 3.68. The number of imidazole rings is 1. The molecule has 8 heteroatoms. The average Bonchev–Trinajstić information content (AvgIpc) is 2.84. The minimum Gasteiger partial charge on any atom is -0.337 e. The van der Waals surface area contributed by atoms with Crippen molar-refractivity contribution in [2.75, 3.05) is 6.54 Å². The Labute approximate surface area is 115 Å². The van der Waals surface area contributed by atoms with E-state index < -0.39 is 17.7 Å². The zero-order valence-corrected chi connectivity index (χ0v) is 10.9. The molecule has 2 heterocycles. The molecule has 7 nitrogen and oxygen atoms in total. The fourth-order valence-electron chi connectivity index (χ4n) is 1.61. The summed E-state index contributed by atoms with van der Waals surface area (Å²) in [7, 11) is 0. The van der Waals surface area contributed by atoms with E-state index in [4.69, 9.17) is 12.2 Å². The Balaban J connectivity index is 1.77. The van der Waals surface area contributed by atoms with Crippen molar-refractivity contribution in [1.29, 1.82) is 0 Å². The smallest absolute Gasteiger partial charge is 0.244 e. The van der Waals surface area contributed by atoms with Crippen molar-refractivity contribution in [3.8, 4) is 0 Å². The molecular formula is C11H13N5O2S. The van der Waals surface area contributed by atoms with Crippen LogP contribution in [0.2, 0.25) is 0 Å². The van der Waals surface area contributed by atoms with Gasteiger partial charge in [0, 0.05) is 31.7 Å². The summed E-state index contributed by atoms with van der Waals surface area (Å²) < 4.78 is 1.94. The molecular weight excluding hydrogens is 266 g/mol. The zero-order chi connectivity index (χ0) is 13.7. The van der Waals surface area contributed by atoms with E-state index >= 15 is 0 Å². The lowest BCUT2D eigenvalue weighted by molar-refractivity contribution is -0.131. The minimum atomic E-state index is -0.903. The van der Waals surface area contributed by atoms with Crippen LogP contribution in [-0.2, 0) is 16.1 Å². The molecule has 2 N–H and O–H groups in total. The maximum Gasteiger partial charge on any atom is 0.244 e. The summed E-state index contributed by atoms with van der Waals surface area (Å²) in [4.78, 5) is 31.0. The second-order valence-electron chi connectivity index (χ2n) is 3.99. The second-order valence-corrected chi connectivity index (χ2v) is 4.40. The van der Waals surface area contributed by atoms with Gasteiger partial charge >= 0.3 is 0 Å². The number of rotatable bonds is 5. The van der Waals surface area contributed by atoms with Crippen LogP contribution in [0.5, 0.6) is 0 Å². The SMILES string of the molecule is O=C1NC(=S)NC(=O)C1C=NCCCn1ccnc1. The number of aryl methyl sites for hydroxylation is 1. The van der Waals surface area contributed by atoms with E-state index in [-0.39, 0.29) is 5.11 Å². The minimum absolute atomic E-state index is 0.0414. The van der Waals surface area contributed by atoms with Crippen molar-refractivity contribution in [2.24, 2.45) is 10.9 Å². The normalized spacial score (nSPS) is 16.7. The van der Waals surface area contributed by atoms with Crippen LogP contribution in [0.25, 0.3) is 0 Å². The topological polar surface area (TPSA) is 88.4 Å². The highest BCUT2D eigenvalue weighted by molar-refractivity contribution is 7.80. The maximum absolute atomic E-state index is 11.5. The van der Waals surface area contributed by atoms with E-state index in [0.29, 0.717) is 6.54 Å². The predicted molar refractivity (Wildman–Crippen MR) is 72.6 cm³/mol. The molecule has 2 amide bonds. The monoisotopic (exact) mass is 279 g/mol. The number of aliphatic imine (C=N–C) groups is 1. The quantitative estimate of drug-likeness (QED) is 0.329. The Bertz CT molecular complexity index is 491. The van der Waals surface area contributed by atoms with Crippen molar-refractivity contribution in [3.63, 3.8) is 0 Å². The first-order valence-electron chi connectivity index (χ1n) is 5.78. The number of carbonyl (C=O) groups excluding carboxylic acids is 2. The van der Waals surface area contributed by atoms with Crippen LogP contribution in [0.1, 0.15) is 6.42 Å². The average molecular weight is 279 g/mol. The van der Waals surface area contributed by atoms with E-state index in [1.54, 1.807) is 12.5 Å². The van der Waals surface area contributed by atoms with E-state index in [1.165, 1.54) is 6.21 Å². The second kappa shape index (κ2) is 6.19. The number of carbonyl (C=O) groups is 2. The van der Waals surface area contributed by atoms with Gasteiger partial charge in [0.1, 0.15) is 0 Å². The Morgan fingerprint density at radius 3 is 2.79 bits per heavy atom. The Morgan fingerprint density at radius 1 is 1.42 bits per heavy atom. The van der Waals surface area contributed by atoms with Crippen molar-refractivity contribution in [3.05, 3.63) is 18.7 Å². The van der Waals surface area contributed by atoms with Gasteiger partial charge in [-0.15, -0.1) is 0 Å². The van der Waals surface area contributed by atoms with Crippen LogP contribution in [0.3, 0.4) is 0 Å². The molecule has 1 aliphatic heterocycles. The number of hydrogen-bond acceptors (Lipinski definition) is 5. The molecule has 1 saturated heterocycles. The molecule has 2 rings (SSSR count). The first kappa shape index (κ1) is 13.3. The molecule has 0 spiro atoms. The standard InChI is InChI=1S/C11H13N5O2S/c17-9-8(10(18)15-11(19)14-9)6-12-2-1-4-16-5-3-13-7-16/h3,5-8H,1-2,4H2,(H2,14,15,17,18,19). The lowest BCUT2D eigenvalue weighted by Crippen LogP contribution is -2.56. The van der Waals surface area contributed by atoms with E-state index in [2.05, 4.69) is 20.6 Å².